The van der Waals surface area contributed by atoms with Crippen LogP contribution in [0, 0.1) is 5.92 Å². The van der Waals surface area contributed by atoms with Gasteiger partial charge in [0.1, 0.15) is 11.8 Å². The van der Waals surface area contributed by atoms with Crippen LogP contribution in [-0.4, -0.2) is 42.0 Å². The second-order valence-corrected chi connectivity index (χ2v) is 6.80. The first-order valence-electron chi connectivity index (χ1n) is 9.41. The van der Waals surface area contributed by atoms with Crippen LogP contribution in [-0.2, 0) is 17.6 Å². The van der Waals surface area contributed by atoms with Crippen LogP contribution in [0.4, 0.5) is 0 Å². The van der Waals surface area contributed by atoms with Crippen molar-refractivity contribution in [1.29, 1.82) is 0 Å². The molecule has 0 aliphatic rings. The predicted molar refractivity (Wildman–Crippen MR) is 106 cm³/mol. The molecule has 0 fully saturated rings. The third kappa shape index (κ3) is 7.81. The molecule has 0 aliphatic carbocycles. The molecule has 5 heteroatoms. The molecule has 0 heterocycles. The topological polar surface area (TPSA) is 78.8 Å². The zero-order chi connectivity index (χ0) is 19.5. The van der Waals surface area contributed by atoms with E-state index in [1.807, 2.05) is 42.5 Å². The van der Waals surface area contributed by atoms with Crippen molar-refractivity contribution in [3.8, 4) is 5.75 Å². The largest absolute Gasteiger partial charge is 0.494 e. The third-order valence-electron chi connectivity index (χ3n) is 4.51. The number of nitrogens with one attached hydrogen (secondary N) is 1. The summed E-state index contributed by atoms with van der Waals surface area (Å²) in [7, 11) is 0. The summed E-state index contributed by atoms with van der Waals surface area (Å²) in [5.74, 6) is -0.0742. The lowest BCUT2D eigenvalue weighted by molar-refractivity contribution is -0.139. The fourth-order valence-electron chi connectivity index (χ4n) is 2.80. The summed E-state index contributed by atoms with van der Waals surface area (Å²) in [6, 6.07) is 17.6. The van der Waals surface area contributed by atoms with Crippen molar-refractivity contribution in [2.45, 2.75) is 32.2 Å². The standard InChI is InChI=1S/C22H29NO4/c1-17(22(25)26)23-15-20(16-24)14-19-9-11-21(12-10-19)27-13-5-8-18-6-3-2-4-7-18/h2-4,6-7,9-12,17,20,23-24H,5,8,13-16H2,1H3,(H,25,26)/t17-,20?/m0/s1. The lowest BCUT2D eigenvalue weighted by atomic mass is 9.99. The highest BCUT2D eigenvalue weighted by atomic mass is 16.5. The summed E-state index contributed by atoms with van der Waals surface area (Å²) < 4.78 is 5.79. The molecular formula is C22H29NO4. The molecule has 0 aromatic heterocycles. The van der Waals surface area contributed by atoms with E-state index >= 15 is 0 Å². The molecule has 2 aromatic carbocycles. The Morgan fingerprint density at radius 3 is 2.41 bits per heavy atom. The Morgan fingerprint density at radius 1 is 1.07 bits per heavy atom. The third-order valence-corrected chi connectivity index (χ3v) is 4.51. The van der Waals surface area contributed by atoms with Crippen LogP contribution in [0.3, 0.4) is 0 Å². The second kappa shape index (κ2) is 11.4. The Bertz CT molecular complexity index is 672. The smallest absolute Gasteiger partial charge is 0.320 e. The van der Waals surface area contributed by atoms with Crippen LogP contribution < -0.4 is 10.1 Å². The average molecular weight is 371 g/mol. The van der Waals surface area contributed by atoms with Gasteiger partial charge in [0, 0.05) is 13.2 Å². The zero-order valence-corrected chi connectivity index (χ0v) is 15.8. The van der Waals surface area contributed by atoms with E-state index in [2.05, 4.69) is 17.4 Å². The molecule has 2 rings (SSSR count). The molecule has 0 saturated carbocycles. The lowest BCUT2D eigenvalue weighted by Gasteiger charge is -2.17. The van der Waals surface area contributed by atoms with Crippen LogP contribution in [0.1, 0.15) is 24.5 Å². The van der Waals surface area contributed by atoms with E-state index in [0.29, 0.717) is 19.6 Å². The molecule has 0 amide bonds. The van der Waals surface area contributed by atoms with Gasteiger partial charge in [-0.25, -0.2) is 0 Å². The molecule has 0 radical (unpaired) electrons. The highest BCUT2D eigenvalue weighted by Crippen LogP contribution is 2.16. The van der Waals surface area contributed by atoms with Gasteiger partial charge in [-0.05, 0) is 55.4 Å². The number of rotatable bonds is 12. The van der Waals surface area contributed by atoms with Gasteiger partial charge in [-0.2, -0.15) is 0 Å². The van der Waals surface area contributed by atoms with E-state index in [1.54, 1.807) is 6.92 Å². The van der Waals surface area contributed by atoms with Crippen molar-refractivity contribution < 1.29 is 19.7 Å². The summed E-state index contributed by atoms with van der Waals surface area (Å²) in [4.78, 5) is 10.8. The van der Waals surface area contributed by atoms with E-state index < -0.39 is 12.0 Å². The van der Waals surface area contributed by atoms with E-state index in [1.165, 1.54) is 5.56 Å². The maximum atomic E-state index is 10.8. The fraction of sp³-hybridized carbons (Fsp3) is 0.409. The summed E-state index contributed by atoms with van der Waals surface area (Å²) in [6.45, 7) is 2.74. The van der Waals surface area contributed by atoms with Crippen LogP contribution >= 0.6 is 0 Å². The molecule has 27 heavy (non-hydrogen) atoms. The number of aliphatic hydroxyl groups excluding tert-OH is 1. The molecule has 5 nitrogen and oxygen atoms in total. The number of aryl methyl sites for hydroxylation is 1. The molecule has 2 atom stereocenters. The predicted octanol–water partition coefficient (Wildman–Crippen LogP) is 2.91. The number of hydrogen-bond donors (Lipinski definition) is 3. The molecule has 146 valence electrons. The van der Waals surface area contributed by atoms with Crippen LogP contribution in [0.15, 0.2) is 54.6 Å². The number of carbonyl (C=O) groups is 1. The van der Waals surface area contributed by atoms with Crippen molar-refractivity contribution in [2.24, 2.45) is 5.92 Å². The monoisotopic (exact) mass is 371 g/mol. The fourth-order valence-corrected chi connectivity index (χ4v) is 2.80. The number of benzene rings is 2. The van der Waals surface area contributed by atoms with Gasteiger partial charge in [-0.1, -0.05) is 42.5 Å². The van der Waals surface area contributed by atoms with E-state index in [0.717, 1.165) is 24.2 Å². The van der Waals surface area contributed by atoms with E-state index in [-0.39, 0.29) is 12.5 Å². The van der Waals surface area contributed by atoms with Crippen molar-refractivity contribution >= 4 is 5.97 Å². The quantitative estimate of drug-likeness (QED) is 0.500. The number of carboxylic acid groups (broad SMARTS) is 1. The Balaban J connectivity index is 1.72. The van der Waals surface area contributed by atoms with Crippen molar-refractivity contribution in [3.63, 3.8) is 0 Å². The summed E-state index contributed by atoms with van der Waals surface area (Å²) in [5, 5.41) is 21.3. The van der Waals surface area contributed by atoms with Crippen LogP contribution in [0.5, 0.6) is 5.75 Å². The SMILES string of the molecule is C[C@H](NCC(CO)Cc1ccc(OCCCc2ccccc2)cc1)C(=O)O. The van der Waals surface area contributed by atoms with Crippen molar-refractivity contribution in [1.82, 2.24) is 5.32 Å². The van der Waals surface area contributed by atoms with Gasteiger partial charge < -0.3 is 20.3 Å². The van der Waals surface area contributed by atoms with E-state index in [4.69, 9.17) is 9.84 Å². The van der Waals surface area contributed by atoms with Crippen molar-refractivity contribution in [3.05, 3.63) is 65.7 Å². The summed E-state index contributed by atoms with van der Waals surface area (Å²) in [6.07, 6.45) is 2.65. The van der Waals surface area contributed by atoms with Gasteiger partial charge in [0.25, 0.3) is 0 Å². The second-order valence-electron chi connectivity index (χ2n) is 6.80. The minimum Gasteiger partial charge on any atom is -0.494 e. The highest BCUT2D eigenvalue weighted by molar-refractivity contribution is 5.72. The van der Waals surface area contributed by atoms with Crippen LogP contribution in [0.2, 0.25) is 0 Å². The number of aliphatic hydroxyl groups is 1. The number of aliphatic carboxylic acids is 1. The number of ether oxygens (including phenoxy) is 1. The molecule has 0 bridgehead atoms. The molecule has 3 N–H and O–H groups in total. The first-order valence-corrected chi connectivity index (χ1v) is 9.41. The van der Waals surface area contributed by atoms with Gasteiger partial charge >= 0.3 is 5.97 Å². The number of hydrogen-bond acceptors (Lipinski definition) is 4. The van der Waals surface area contributed by atoms with Gasteiger partial charge in [-0.15, -0.1) is 0 Å². The Hall–Kier alpha value is -2.37. The molecule has 0 saturated heterocycles. The maximum Gasteiger partial charge on any atom is 0.320 e. The van der Waals surface area contributed by atoms with Gasteiger partial charge in [0.15, 0.2) is 0 Å². The van der Waals surface area contributed by atoms with E-state index in [9.17, 15) is 9.90 Å². The van der Waals surface area contributed by atoms with Gasteiger partial charge in [0.2, 0.25) is 0 Å². The Morgan fingerprint density at radius 2 is 1.78 bits per heavy atom. The summed E-state index contributed by atoms with van der Waals surface area (Å²) in [5.41, 5.74) is 2.41. The number of carboxylic acids is 1. The molecule has 1 unspecified atom stereocenters. The average Bonchev–Trinajstić information content (AvgIpc) is 2.70. The first-order chi connectivity index (χ1) is 13.1. The Labute approximate surface area is 161 Å². The lowest BCUT2D eigenvalue weighted by Crippen LogP contribution is -2.38. The highest BCUT2D eigenvalue weighted by Gasteiger charge is 2.14. The molecule has 2 aromatic rings. The van der Waals surface area contributed by atoms with Crippen molar-refractivity contribution in [2.75, 3.05) is 19.8 Å². The minimum atomic E-state index is -0.888. The minimum absolute atomic E-state index is 0.0110. The van der Waals surface area contributed by atoms with Gasteiger partial charge in [0.05, 0.1) is 6.61 Å². The van der Waals surface area contributed by atoms with Crippen LogP contribution in [0.25, 0.3) is 0 Å². The van der Waals surface area contributed by atoms with Gasteiger partial charge in [-0.3, -0.25) is 4.79 Å². The molecule has 0 aliphatic heterocycles. The summed E-state index contributed by atoms with van der Waals surface area (Å²) >= 11 is 0. The zero-order valence-electron chi connectivity index (χ0n) is 15.8. The normalized spacial score (nSPS) is 13.1. The maximum absolute atomic E-state index is 10.8. The Kier molecular flexibility index (Phi) is 8.81. The molecular weight excluding hydrogens is 342 g/mol. The first kappa shape index (κ1) is 20.9. The molecule has 0 spiro atoms.